The van der Waals surface area contributed by atoms with Crippen LogP contribution in [-0.2, 0) is 0 Å². The van der Waals surface area contributed by atoms with Crippen LogP contribution >= 0.6 is 15.9 Å². The normalized spacial score (nSPS) is 11.6. The van der Waals surface area contributed by atoms with Gasteiger partial charge < -0.3 is 9.13 Å². The number of para-hydroxylation sites is 3. The van der Waals surface area contributed by atoms with Crippen molar-refractivity contribution in [1.82, 2.24) is 9.13 Å². The van der Waals surface area contributed by atoms with Gasteiger partial charge in [0.05, 0.1) is 21.2 Å². The second-order valence-corrected chi connectivity index (χ2v) is 9.64. The van der Waals surface area contributed by atoms with Crippen LogP contribution in [0.4, 0.5) is 0 Å². The van der Waals surface area contributed by atoms with Gasteiger partial charge in [0.25, 0.3) is 0 Å². The molecule has 7 aromatic rings. The molecule has 2 aromatic heterocycles. The highest BCUT2D eigenvalue weighted by Gasteiger charge is 2.14. The molecule has 0 aliphatic rings. The number of rotatable bonds is 3. The first kappa shape index (κ1) is 20.3. The highest BCUT2D eigenvalue weighted by atomic mass is 79.9. The van der Waals surface area contributed by atoms with Gasteiger partial charge in [0, 0.05) is 27.5 Å². The van der Waals surface area contributed by atoms with E-state index < -0.39 is 0 Å². The van der Waals surface area contributed by atoms with Crippen LogP contribution < -0.4 is 0 Å². The Morgan fingerprint density at radius 3 is 1.74 bits per heavy atom. The number of aromatic nitrogens is 2. The van der Waals surface area contributed by atoms with Gasteiger partial charge in [0.1, 0.15) is 0 Å². The average Bonchev–Trinajstić information content (AvgIpc) is 3.42. The molecule has 2 heterocycles. The third-order valence-corrected chi connectivity index (χ3v) is 7.37. The Bertz CT molecular complexity index is 1840. The average molecular weight is 513 g/mol. The van der Waals surface area contributed by atoms with E-state index in [-0.39, 0.29) is 0 Å². The zero-order valence-corrected chi connectivity index (χ0v) is 20.5. The summed E-state index contributed by atoms with van der Waals surface area (Å²) < 4.78 is 5.65. The molecule has 166 valence electrons. The SMILES string of the molecule is Brc1cc2cc(-c3ccc4c(c3)c3ccccc3n4-c3ccccc3)ccc2n1-c1ccccc1. The molecule has 35 heavy (non-hydrogen) atoms. The van der Waals surface area contributed by atoms with Crippen molar-refractivity contribution in [2.24, 2.45) is 0 Å². The number of hydrogen-bond donors (Lipinski definition) is 0. The second-order valence-electron chi connectivity index (χ2n) is 8.83. The van der Waals surface area contributed by atoms with Crippen LogP contribution in [0.2, 0.25) is 0 Å². The lowest BCUT2D eigenvalue weighted by molar-refractivity contribution is 1.09. The number of benzene rings is 5. The van der Waals surface area contributed by atoms with Crippen molar-refractivity contribution < 1.29 is 0 Å². The molecule has 5 aromatic carbocycles. The molecule has 0 spiro atoms. The molecular formula is C32H21BrN2. The van der Waals surface area contributed by atoms with Crippen LogP contribution in [0.5, 0.6) is 0 Å². The summed E-state index contributed by atoms with van der Waals surface area (Å²) in [4.78, 5) is 0. The minimum Gasteiger partial charge on any atom is -0.309 e. The van der Waals surface area contributed by atoms with Gasteiger partial charge in [-0.25, -0.2) is 0 Å². The number of nitrogens with zero attached hydrogens (tertiary/aromatic N) is 2. The molecule has 0 aliphatic heterocycles. The fourth-order valence-corrected chi connectivity index (χ4v) is 5.85. The lowest BCUT2D eigenvalue weighted by atomic mass is 10.0. The largest absolute Gasteiger partial charge is 0.309 e. The lowest BCUT2D eigenvalue weighted by Gasteiger charge is -2.09. The summed E-state index contributed by atoms with van der Waals surface area (Å²) in [6, 6.07) is 45.5. The lowest BCUT2D eigenvalue weighted by Crippen LogP contribution is -1.93. The molecular weight excluding hydrogens is 492 g/mol. The van der Waals surface area contributed by atoms with Gasteiger partial charge in [-0.1, -0.05) is 66.7 Å². The van der Waals surface area contributed by atoms with Crippen LogP contribution in [0.25, 0.3) is 55.2 Å². The quantitative estimate of drug-likeness (QED) is 0.223. The molecule has 0 bridgehead atoms. The Morgan fingerprint density at radius 1 is 0.429 bits per heavy atom. The maximum absolute atomic E-state index is 3.77. The first-order valence-corrected chi connectivity index (χ1v) is 12.5. The first-order chi connectivity index (χ1) is 17.3. The smallest absolute Gasteiger partial charge is 0.0903 e. The van der Waals surface area contributed by atoms with Crippen LogP contribution in [0.3, 0.4) is 0 Å². The first-order valence-electron chi connectivity index (χ1n) is 11.7. The molecule has 0 aliphatic carbocycles. The van der Waals surface area contributed by atoms with Gasteiger partial charge >= 0.3 is 0 Å². The third-order valence-electron chi connectivity index (χ3n) is 6.79. The highest BCUT2D eigenvalue weighted by Crippen LogP contribution is 2.36. The van der Waals surface area contributed by atoms with E-state index in [1.54, 1.807) is 0 Å². The predicted octanol–water partition coefficient (Wildman–Crippen LogP) is 9.16. The fraction of sp³-hybridized carbons (Fsp3) is 0. The highest BCUT2D eigenvalue weighted by molar-refractivity contribution is 9.10. The Balaban J connectivity index is 1.41. The van der Waals surface area contributed by atoms with E-state index in [0.717, 1.165) is 10.3 Å². The van der Waals surface area contributed by atoms with Crippen molar-refractivity contribution in [1.29, 1.82) is 0 Å². The molecule has 0 fully saturated rings. The topological polar surface area (TPSA) is 9.86 Å². The summed E-state index contributed by atoms with van der Waals surface area (Å²) >= 11 is 3.77. The number of fused-ring (bicyclic) bond motifs is 4. The number of hydrogen-bond acceptors (Lipinski definition) is 0. The second kappa shape index (κ2) is 8.00. The zero-order chi connectivity index (χ0) is 23.4. The molecule has 0 unspecified atom stereocenters. The fourth-order valence-electron chi connectivity index (χ4n) is 5.21. The molecule has 0 amide bonds. The maximum atomic E-state index is 3.77. The number of halogens is 1. The molecule has 7 rings (SSSR count). The van der Waals surface area contributed by atoms with E-state index in [1.807, 2.05) is 6.07 Å². The van der Waals surface area contributed by atoms with E-state index in [0.29, 0.717) is 0 Å². The van der Waals surface area contributed by atoms with Gasteiger partial charge in [0.2, 0.25) is 0 Å². The Morgan fingerprint density at radius 2 is 1.00 bits per heavy atom. The summed E-state index contributed by atoms with van der Waals surface area (Å²) in [6.07, 6.45) is 0. The Hall–Kier alpha value is -4.08. The Labute approximate surface area is 211 Å². The summed E-state index contributed by atoms with van der Waals surface area (Å²) in [5.41, 5.74) is 8.41. The van der Waals surface area contributed by atoms with E-state index >= 15 is 0 Å². The van der Waals surface area contributed by atoms with Gasteiger partial charge in [-0.3, -0.25) is 0 Å². The standard InChI is InChI=1S/C32H21BrN2/c33-32-21-24-19-22(15-17-29(24)35(32)26-11-5-2-6-12-26)23-16-18-31-28(20-23)27-13-7-8-14-30(27)34(31)25-9-3-1-4-10-25/h1-21H. The van der Waals surface area contributed by atoms with Crippen molar-refractivity contribution >= 4 is 48.6 Å². The summed E-state index contributed by atoms with van der Waals surface area (Å²) in [7, 11) is 0. The molecule has 3 heteroatoms. The summed E-state index contributed by atoms with van der Waals surface area (Å²) in [6.45, 7) is 0. The predicted molar refractivity (Wildman–Crippen MR) is 151 cm³/mol. The van der Waals surface area contributed by atoms with Crippen molar-refractivity contribution in [3.63, 3.8) is 0 Å². The van der Waals surface area contributed by atoms with E-state index in [9.17, 15) is 0 Å². The molecule has 0 saturated carbocycles. The van der Waals surface area contributed by atoms with Gasteiger partial charge in [0.15, 0.2) is 0 Å². The van der Waals surface area contributed by atoms with Crippen molar-refractivity contribution in [3.8, 4) is 22.5 Å². The molecule has 0 atom stereocenters. The minimum absolute atomic E-state index is 1.05. The van der Waals surface area contributed by atoms with Crippen LogP contribution in [0, 0.1) is 0 Å². The van der Waals surface area contributed by atoms with Gasteiger partial charge in [-0.05, 0) is 87.7 Å². The van der Waals surface area contributed by atoms with E-state index in [1.165, 1.54) is 49.5 Å². The minimum atomic E-state index is 1.05. The van der Waals surface area contributed by atoms with Crippen LogP contribution in [0.15, 0.2) is 132 Å². The van der Waals surface area contributed by atoms with Crippen LogP contribution in [-0.4, -0.2) is 9.13 Å². The van der Waals surface area contributed by atoms with E-state index in [4.69, 9.17) is 0 Å². The summed E-state index contributed by atoms with van der Waals surface area (Å²) in [5, 5.41) is 3.75. The molecule has 0 saturated heterocycles. The molecule has 0 radical (unpaired) electrons. The van der Waals surface area contributed by atoms with Crippen molar-refractivity contribution in [3.05, 3.63) is 132 Å². The summed E-state index contributed by atoms with van der Waals surface area (Å²) in [5.74, 6) is 0. The van der Waals surface area contributed by atoms with Crippen LogP contribution in [0.1, 0.15) is 0 Å². The Kier molecular flexibility index (Phi) is 4.64. The zero-order valence-electron chi connectivity index (χ0n) is 18.9. The van der Waals surface area contributed by atoms with E-state index in [2.05, 4.69) is 146 Å². The van der Waals surface area contributed by atoms with Gasteiger partial charge in [-0.15, -0.1) is 0 Å². The maximum Gasteiger partial charge on any atom is 0.0903 e. The van der Waals surface area contributed by atoms with Crippen molar-refractivity contribution in [2.45, 2.75) is 0 Å². The monoisotopic (exact) mass is 512 g/mol. The van der Waals surface area contributed by atoms with Crippen molar-refractivity contribution in [2.75, 3.05) is 0 Å². The molecule has 2 nitrogen and oxygen atoms in total. The third kappa shape index (κ3) is 3.23. The molecule has 0 N–H and O–H groups in total. The van der Waals surface area contributed by atoms with Gasteiger partial charge in [-0.2, -0.15) is 0 Å².